The average Bonchev–Trinajstić information content (AvgIpc) is 2.99. The Morgan fingerprint density at radius 1 is 0.805 bits per heavy atom. The largest absolute Gasteiger partial charge is 0.357 e. The van der Waals surface area contributed by atoms with Gasteiger partial charge in [0.05, 0.1) is 10.6 Å². The summed E-state index contributed by atoms with van der Waals surface area (Å²) in [7, 11) is -2.72. The molecule has 0 saturated heterocycles. The minimum absolute atomic E-state index is 0.0191. The number of sulfonamides is 1. The number of hydrogen-bond acceptors (Lipinski definition) is 4. The van der Waals surface area contributed by atoms with Crippen molar-refractivity contribution in [1.29, 1.82) is 0 Å². The smallest absolute Gasteiger partial charge is 0.264 e. The minimum atomic E-state index is -4.22. The number of nitrogens with one attached hydrogen (secondary N) is 1. The van der Waals surface area contributed by atoms with Crippen LogP contribution in [0.5, 0.6) is 0 Å². The van der Waals surface area contributed by atoms with Gasteiger partial charge in [0.15, 0.2) is 0 Å². The van der Waals surface area contributed by atoms with Gasteiger partial charge in [-0.15, -0.1) is 0 Å². The Morgan fingerprint density at radius 3 is 1.98 bits per heavy atom. The molecule has 1 atom stereocenters. The standard InChI is InChI=1S/C32H32FN3O4S/c1-24-13-15-26(16-14-24)22-35(30(32(38)34-2)21-25-9-5-3-6-10-25)31(37)23-36(28-19-17-27(33)18-20-28)41(39,40)29-11-7-4-8-12-29/h3-20,30H,21-23H2,1-2H3,(H,34,38). The highest BCUT2D eigenvalue weighted by Crippen LogP contribution is 2.25. The third kappa shape index (κ3) is 7.37. The Morgan fingerprint density at radius 2 is 1.39 bits per heavy atom. The lowest BCUT2D eigenvalue weighted by Crippen LogP contribution is -2.53. The molecule has 1 N–H and O–H groups in total. The second-order valence-electron chi connectivity index (χ2n) is 9.63. The lowest BCUT2D eigenvalue weighted by atomic mass is 10.0. The van der Waals surface area contributed by atoms with Crippen LogP contribution in [0.2, 0.25) is 0 Å². The normalized spacial score (nSPS) is 11.9. The zero-order valence-corrected chi connectivity index (χ0v) is 23.7. The van der Waals surface area contributed by atoms with Crippen molar-refractivity contribution in [3.8, 4) is 0 Å². The van der Waals surface area contributed by atoms with Crippen LogP contribution in [0.1, 0.15) is 16.7 Å². The number of halogens is 1. The van der Waals surface area contributed by atoms with E-state index in [1.165, 1.54) is 36.2 Å². The van der Waals surface area contributed by atoms with E-state index in [-0.39, 0.29) is 29.5 Å². The van der Waals surface area contributed by atoms with Crippen molar-refractivity contribution in [1.82, 2.24) is 10.2 Å². The Kier molecular flexibility index (Phi) is 9.52. The van der Waals surface area contributed by atoms with Crippen molar-refractivity contribution in [2.75, 3.05) is 17.9 Å². The Labute approximate surface area is 240 Å². The van der Waals surface area contributed by atoms with Crippen molar-refractivity contribution >= 4 is 27.5 Å². The van der Waals surface area contributed by atoms with E-state index in [2.05, 4.69) is 5.32 Å². The van der Waals surface area contributed by atoms with Gasteiger partial charge in [-0.1, -0.05) is 78.4 Å². The number of benzene rings is 4. The third-order valence-corrected chi connectivity index (χ3v) is 8.50. The molecular formula is C32H32FN3O4S. The van der Waals surface area contributed by atoms with Crippen LogP contribution >= 0.6 is 0 Å². The molecule has 0 saturated carbocycles. The molecule has 0 heterocycles. The molecule has 0 bridgehead atoms. The van der Waals surface area contributed by atoms with Crippen LogP contribution in [-0.2, 0) is 32.6 Å². The van der Waals surface area contributed by atoms with Gasteiger partial charge in [0.1, 0.15) is 18.4 Å². The van der Waals surface area contributed by atoms with E-state index in [1.807, 2.05) is 61.5 Å². The maximum atomic E-state index is 14.2. The first-order valence-electron chi connectivity index (χ1n) is 13.1. The number of nitrogens with zero attached hydrogens (tertiary/aromatic N) is 2. The van der Waals surface area contributed by atoms with Crippen molar-refractivity contribution in [3.63, 3.8) is 0 Å². The summed E-state index contributed by atoms with van der Waals surface area (Å²) in [6.45, 7) is 1.42. The molecular weight excluding hydrogens is 541 g/mol. The van der Waals surface area contributed by atoms with Crippen LogP contribution in [0.4, 0.5) is 10.1 Å². The monoisotopic (exact) mass is 573 g/mol. The molecule has 0 spiro atoms. The molecule has 4 aromatic rings. The number of carbonyl (C=O) groups is 2. The summed E-state index contributed by atoms with van der Waals surface area (Å²) in [5.41, 5.74) is 2.79. The molecule has 2 amide bonds. The van der Waals surface area contributed by atoms with E-state index >= 15 is 0 Å². The molecule has 7 nitrogen and oxygen atoms in total. The fraction of sp³-hybridized carbons (Fsp3) is 0.188. The molecule has 0 aromatic heterocycles. The summed E-state index contributed by atoms with van der Waals surface area (Å²) >= 11 is 0. The molecule has 1 unspecified atom stereocenters. The van der Waals surface area contributed by atoms with Crippen LogP contribution in [0.3, 0.4) is 0 Å². The van der Waals surface area contributed by atoms with Gasteiger partial charge in [0, 0.05) is 20.0 Å². The predicted octanol–water partition coefficient (Wildman–Crippen LogP) is 4.72. The molecule has 0 fully saturated rings. The second-order valence-corrected chi connectivity index (χ2v) is 11.5. The van der Waals surface area contributed by atoms with Crippen molar-refractivity contribution in [3.05, 3.63) is 132 Å². The van der Waals surface area contributed by atoms with Gasteiger partial charge in [-0.25, -0.2) is 12.8 Å². The summed E-state index contributed by atoms with van der Waals surface area (Å²) < 4.78 is 42.3. The molecule has 41 heavy (non-hydrogen) atoms. The molecule has 0 aliphatic heterocycles. The summed E-state index contributed by atoms with van der Waals surface area (Å²) in [4.78, 5) is 28.8. The first-order valence-corrected chi connectivity index (χ1v) is 14.6. The Bertz CT molecular complexity index is 1560. The summed E-state index contributed by atoms with van der Waals surface area (Å²) in [6, 6.07) is 28.6. The van der Waals surface area contributed by atoms with E-state index in [4.69, 9.17) is 0 Å². The van der Waals surface area contributed by atoms with Crippen LogP contribution in [-0.4, -0.2) is 44.8 Å². The zero-order valence-electron chi connectivity index (χ0n) is 22.9. The number of rotatable bonds is 11. The maximum Gasteiger partial charge on any atom is 0.264 e. The van der Waals surface area contributed by atoms with E-state index in [0.717, 1.165) is 33.1 Å². The summed E-state index contributed by atoms with van der Waals surface area (Å²) in [6.07, 6.45) is 0.222. The van der Waals surface area contributed by atoms with E-state index in [9.17, 15) is 22.4 Å². The van der Waals surface area contributed by atoms with Gasteiger partial charge in [0.25, 0.3) is 10.0 Å². The zero-order chi connectivity index (χ0) is 29.4. The molecule has 4 aromatic carbocycles. The number of aryl methyl sites for hydroxylation is 1. The summed E-state index contributed by atoms with van der Waals surface area (Å²) in [5.74, 6) is -1.51. The predicted molar refractivity (Wildman–Crippen MR) is 157 cm³/mol. The maximum absolute atomic E-state index is 14.2. The SMILES string of the molecule is CNC(=O)C(Cc1ccccc1)N(Cc1ccc(C)cc1)C(=O)CN(c1ccc(F)cc1)S(=O)(=O)c1ccccc1. The number of hydrogen-bond donors (Lipinski definition) is 1. The van der Waals surface area contributed by atoms with Crippen LogP contribution in [0.25, 0.3) is 0 Å². The van der Waals surface area contributed by atoms with Gasteiger partial charge < -0.3 is 10.2 Å². The van der Waals surface area contributed by atoms with Gasteiger partial charge in [-0.05, 0) is 54.4 Å². The molecule has 0 radical (unpaired) electrons. The topological polar surface area (TPSA) is 86.8 Å². The van der Waals surface area contributed by atoms with Crippen LogP contribution in [0.15, 0.2) is 114 Å². The van der Waals surface area contributed by atoms with Gasteiger partial charge in [-0.3, -0.25) is 13.9 Å². The molecule has 212 valence electrons. The lowest BCUT2D eigenvalue weighted by Gasteiger charge is -2.33. The average molecular weight is 574 g/mol. The highest BCUT2D eigenvalue weighted by Gasteiger charge is 2.34. The summed E-state index contributed by atoms with van der Waals surface area (Å²) in [5, 5.41) is 2.66. The third-order valence-electron chi connectivity index (χ3n) is 6.72. The molecule has 0 aliphatic carbocycles. The van der Waals surface area contributed by atoms with Crippen LogP contribution < -0.4 is 9.62 Å². The number of anilines is 1. The fourth-order valence-corrected chi connectivity index (χ4v) is 5.90. The van der Waals surface area contributed by atoms with Crippen LogP contribution in [0, 0.1) is 12.7 Å². The van der Waals surface area contributed by atoms with E-state index in [0.29, 0.717) is 0 Å². The first kappa shape index (κ1) is 29.5. The van der Waals surface area contributed by atoms with Crippen molar-refractivity contribution in [2.24, 2.45) is 0 Å². The van der Waals surface area contributed by atoms with Gasteiger partial charge in [-0.2, -0.15) is 0 Å². The number of likely N-dealkylation sites (N-methyl/N-ethyl adjacent to an activating group) is 1. The Hall–Kier alpha value is -4.50. The molecule has 9 heteroatoms. The van der Waals surface area contributed by atoms with Gasteiger partial charge >= 0.3 is 0 Å². The number of carbonyl (C=O) groups excluding carboxylic acids is 2. The Balaban J connectivity index is 1.77. The van der Waals surface area contributed by atoms with E-state index in [1.54, 1.807) is 18.2 Å². The first-order chi connectivity index (χ1) is 19.7. The highest BCUT2D eigenvalue weighted by molar-refractivity contribution is 7.92. The van der Waals surface area contributed by atoms with Gasteiger partial charge in [0.2, 0.25) is 11.8 Å². The van der Waals surface area contributed by atoms with E-state index < -0.39 is 34.3 Å². The molecule has 0 aliphatic rings. The molecule has 4 rings (SSSR count). The quantitative estimate of drug-likeness (QED) is 0.282. The second kappa shape index (κ2) is 13.2. The fourth-order valence-electron chi connectivity index (χ4n) is 4.47. The number of amides is 2. The minimum Gasteiger partial charge on any atom is -0.357 e. The highest BCUT2D eigenvalue weighted by atomic mass is 32.2. The van der Waals surface area contributed by atoms with Crippen molar-refractivity contribution in [2.45, 2.75) is 30.8 Å². The van der Waals surface area contributed by atoms with Crippen molar-refractivity contribution < 1.29 is 22.4 Å². The lowest BCUT2D eigenvalue weighted by molar-refractivity contribution is -0.139.